The molecule has 0 radical (unpaired) electrons. The SMILES string of the molecule is COc1ccc(-c2nc3sc(=Cc4ccc(OC(C)=O)cc4)c(=O)n3n2)cc1OC. The summed E-state index contributed by atoms with van der Waals surface area (Å²) < 4.78 is 17.4. The predicted molar refractivity (Wildman–Crippen MR) is 112 cm³/mol. The second-order valence-electron chi connectivity index (χ2n) is 6.28. The van der Waals surface area contributed by atoms with Crippen LogP contribution in [0.25, 0.3) is 22.4 Å². The number of hydrogen-bond acceptors (Lipinski definition) is 8. The normalized spacial score (nSPS) is 11.6. The average Bonchev–Trinajstić information content (AvgIpc) is 3.28. The molecule has 9 heteroatoms. The minimum atomic E-state index is -0.385. The Balaban J connectivity index is 1.68. The number of carbonyl (C=O) groups is 1. The van der Waals surface area contributed by atoms with Gasteiger partial charge in [-0.2, -0.15) is 9.50 Å². The first-order valence-corrected chi connectivity index (χ1v) is 9.72. The topological polar surface area (TPSA) is 92.0 Å². The van der Waals surface area contributed by atoms with E-state index in [0.717, 1.165) is 11.1 Å². The second-order valence-corrected chi connectivity index (χ2v) is 7.29. The Morgan fingerprint density at radius 1 is 1.07 bits per heavy atom. The zero-order chi connectivity index (χ0) is 21.3. The van der Waals surface area contributed by atoms with E-state index in [0.29, 0.717) is 32.6 Å². The third-order valence-electron chi connectivity index (χ3n) is 4.26. The lowest BCUT2D eigenvalue weighted by Crippen LogP contribution is -2.23. The van der Waals surface area contributed by atoms with Gasteiger partial charge < -0.3 is 14.2 Å². The number of aromatic nitrogens is 3. The molecule has 0 atom stereocenters. The van der Waals surface area contributed by atoms with Crippen molar-refractivity contribution in [2.24, 2.45) is 0 Å². The molecule has 0 spiro atoms. The van der Waals surface area contributed by atoms with Gasteiger partial charge in [-0.05, 0) is 42.0 Å². The van der Waals surface area contributed by atoms with Gasteiger partial charge in [0, 0.05) is 12.5 Å². The molecule has 0 saturated carbocycles. The van der Waals surface area contributed by atoms with E-state index in [1.807, 2.05) is 6.07 Å². The number of benzene rings is 2. The predicted octanol–water partition coefficient (Wildman–Crippen LogP) is 2.31. The van der Waals surface area contributed by atoms with Crippen LogP contribution in [0.2, 0.25) is 0 Å². The van der Waals surface area contributed by atoms with Gasteiger partial charge in [-0.3, -0.25) is 9.59 Å². The van der Waals surface area contributed by atoms with Crippen LogP contribution >= 0.6 is 11.3 Å². The van der Waals surface area contributed by atoms with Gasteiger partial charge in [0.2, 0.25) is 4.96 Å². The number of thiazole rings is 1. The summed E-state index contributed by atoms with van der Waals surface area (Å²) in [4.78, 5) is 28.7. The van der Waals surface area contributed by atoms with Crippen molar-refractivity contribution in [1.82, 2.24) is 14.6 Å². The summed E-state index contributed by atoms with van der Waals surface area (Å²) in [5.74, 6) is 1.65. The number of methoxy groups -OCH3 is 2. The third kappa shape index (κ3) is 3.74. The molecule has 4 aromatic rings. The van der Waals surface area contributed by atoms with Crippen LogP contribution < -0.4 is 24.3 Å². The Kier molecular flexibility index (Phi) is 5.20. The molecular weight excluding hydrogens is 406 g/mol. The number of hydrogen-bond donors (Lipinski definition) is 0. The van der Waals surface area contributed by atoms with E-state index in [1.165, 1.54) is 22.8 Å². The monoisotopic (exact) mass is 423 g/mol. The molecule has 30 heavy (non-hydrogen) atoms. The Hall–Kier alpha value is -3.72. The molecule has 0 amide bonds. The zero-order valence-electron chi connectivity index (χ0n) is 16.4. The molecule has 0 bridgehead atoms. The van der Waals surface area contributed by atoms with E-state index < -0.39 is 0 Å². The summed E-state index contributed by atoms with van der Waals surface area (Å²) in [5.41, 5.74) is 1.26. The first-order chi connectivity index (χ1) is 14.5. The van der Waals surface area contributed by atoms with E-state index >= 15 is 0 Å². The number of fused-ring (bicyclic) bond motifs is 1. The Labute approximate surface area is 175 Å². The minimum absolute atomic E-state index is 0.252. The first-order valence-electron chi connectivity index (χ1n) is 8.90. The highest BCUT2D eigenvalue weighted by molar-refractivity contribution is 7.15. The Morgan fingerprint density at radius 2 is 1.80 bits per heavy atom. The van der Waals surface area contributed by atoms with Gasteiger partial charge in [-0.15, -0.1) is 5.10 Å². The van der Waals surface area contributed by atoms with Crippen molar-refractivity contribution >= 4 is 28.3 Å². The van der Waals surface area contributed by atoms with E-state index in [-0.39, 0.29) is 11.5 Å². The van der Waals surface area contributed by atoms with Crippen LogP contribution in [0, 0.1) is 0 Å². The summed E-state index contributed by atoms with van der Waals surface area (Å²) in [7, 11) is 3.12. The average molecular weight is 423 g/mol. The van der Waals surface area contributed by atoms with Crippen LogP contribution in [0.1, 0.15) is 12.5 Å². The Bertz CT molecular complexity index is 1340. The van der Waals surface area contributed by atoms with Gasteiger partial charge in [0.25, 0.3) is 5.56 Å². The van der Waals surface area contributed by atoms with Crippen molar-refractivity contribution in [3.63, 3.8) is 0 Å². The number of nitrogens with zero attached hydrogens (tertiary/aromatic N) is 3. The fourth-order valence-electron chi connectivity index (χ4n) is 2.88. The molecule has 2 aromatic carbocycles. The number of esters is 1. The fraction of sp³-hybridized carbons (Fsp3) is 0.143. The highest BCUT2D eigenvalue weighted by Crippen LogP contribution is 2.31. The van der Waals surface area contributed by atoms with Crippen LogP contribution in [0.4, 0.5) is 0 Å². The minimum Gasteiger partial charge on any atom is -0.493 e. The number of ether oxygens (including phenoxy) is 3. The van der Waals surface area contributed by atoms with Crippen molar-refractivity contribution in [2.75, 3.05) is 14.2 Å². The van der Waals surface area contributed by atoms with Crippen molar-refractivity contribution in [3.8, 4) is 28.6 Å². The van der Waals surface area contributed by atoms with Crippen LogP contribution in [0.5, 0.6) is 17.2 Å². The Morgan fingerprint density at radius 3 is 2.43 bits per heavy atom. The van der Waals surface area contributed by atoms with Crippen LogP contribution in [0.15, 0.2) is 47.3 Å². The maximum atomic E-state index is 12.7. The highest BCUT2D eigenvalue weighted by Gasteiger charge is 2.14. The molecule has 0 unspecified atom stereocenters. The summed E-state index contributed by atoms with van der Waals surface area (Å²) >= 11 is 1.25. The zero-order valence-corrected chi connectivity index (χ0v) is 17.2. The lowest BCUT2D eigenvalue weighted by Gasteiger charge is -2.07. The third-order valence-corrected chi connectivity index (χ3v) is 5.22. The standard InChI is InChI=1S/C21H17N3O5S/c1-12(25)29-15-7-4-13(5-8-15)10-18-20(26)24-21(30-18)22-19(23-24)14-6-9-16(27-2)17(11-14)28-3/h4-11H,1-3H3. The van der Waals surface area contributed by atoms with E-state index in [1.54, 1.807) is 56.7 Å². The van der Waals surface area contributed by atoms with Crippen molar-refractivity contribution in [3.05, 3.63) is 62.9 Å². The lowest BCUT2D eigenvalue weighted by molar-refractivity contribution is -0.131. The molecule has 0 N–H and O–H groups in total. The molecule has 4 rings (SSSR count). The molecule has 2 aromatic heterocycles. The van der Waals surface area contributed by atoms with Gasteiger partial charge >= 0.3 is 5.97 Å². The number of carbonyl (C=O) groups excluding carboxylic acids is 1. The molecule has 0 fully saturated rings. The molecule has 0 aliphatic rings. The summed E-state index contributed by atoms with van der Waals surface area (Å²) in [5, 5.41) is 4.35. The van der Waals surface area contributed by atoms with E-state index in [9.17, 15) is 9.59 Å². The molecular formula is C21H17N3O5S. The van der Waals surface area contributed by atoms with Gasteiger partial charge in [-0.25, -0.2) is 0 Å². The summed E-state index contributed by atoms with van der Waals surface area (Å²) in [6, 6.07) is 12.2. The first kappa shape index (κ1) is 19.6. The largest absolute Gasteiger partial charge is 0.493 e. The van der Waals surface area contributed by atoms with Gasteiger partial charge in [-0.1, -0.05) is 23.5 Å². The molecule has 0 aliphatic carbocycles. The highest BCUT2D eigenvalue weighted by atomic mass is 32.1. The van der Waals surface area contributed by atoms with Crippen molar-refractivity contribution in [2.45, 2.75) is 6.92 Å². The maximum Gasteiger partial charge on any atom is 0.308 e. The van der Waals surface area contributed by atoms with Crippen LogP contribution in [-0.2, 0) is 4.79 Å². The molecule has 0 saturated heterocycles. The van der Waals surface area contributed by atoms with Crippen molar-refractivity contribution < 1.29 is 19.0 Å². The smallest absolute Gasteiger partial charge is 0.308 e. The van der Waals surface area contributed by atoms with Crippen LogP contribution in [-0.4, -0.2) is 34.8 Å². The van der Waals surface area contributed by atoms with Gasteiger partial charge in [0.15, 0.2) is 17.3 Å². The van der Waals surface area contributed by atoms with Gasteiger partial charge in [0.05, 0.1) is 18.8 Å². The van der Waals surface area contributed by atoms with Crippen molar-refractivity contribution in [1.29, 1.82) is 0 Å². The van der Waals surface area contributed by atoms with E-state index in [4.69, 9.17) is 14.2 Å². The summed E-state index contributed by atoms with van der Waals surface area (Å²) in [6.45, 7) is 1.34. The molecule has 2 heterocycles. The molecule has 0 aliphatic heterocycles. The summed E-state index contributed by atoms with van der Waals surface area (Å²) in [6.07, 6.45) is 1.75. The number of rotatable bonds is 5. The lowest BCUT2D eigenvalue weighted by atomic mass is 10.2. The van der Waals surface area contributed by atoms with E-state index in [2.05, 4.69) is 10.1 Å². The quantitative estimate of drug-likeness (QED) is 0.359. The fourth-order valence-corrected chi connectivity index (χ4v) is 3.79. The maximum absolute atomic E-state index is 12.7. The molecule has 8 nitrogen and oxygen atoms in total. The van der Waals surface area contributed by atoms with Crippen LogP contribution in [0.3, 0.4) is 0 Å². The second kappa shape index (κ2) is 7.96. The van der Waals surface area contributed by atoms with Gasteiger partial charge in [0.1, 0.15) is 5.75 Å². The molecule has 152 valence electrons.